The number of carboxylic acids is 1. The van der Waals surface area contributed by atoms with Crippen LogP contribution in [0.15, 0.2) is 70.9 Å². The molecular weight excluding hydrogens is 417 g/mol. The largest absolute Gasteiger partial charge is 0.507 e. The van der Waals surface area contributed by atoms with Crippen LogP contribution < -0.4 is 4.90 Å². The number of carboxylic acid groups (broad SMARTS) is 1. The third-order valence-electron chi connectivity index (χ3n) is 5.26. The van der Waals surface area contributed by atoms with Gasteiger partial charge in [-0.2, -0.15) is 0 Å². The average Bonchev–Trinajstić information content (AvgIpc) is 3.37. The van der Waals surface area contributed by atoms with E-state index >= 15 is 0 Å². The summed E-state index contributed by atoms with van der Waals surface area (Å²) in [5.74, 6) is -3.45. The van der Waals surface area contributed by atoms with Crippen LogP contribution in [-0.2, 0) is 20.8 Å². The number of aliphatic carboxylic acids is 1. The molecule has 8 heteroatoms. The molecule has 1 aromatic heterocycles. The Labute approximate surface area is 182 Å². The van der Waals surface area contributed by atoms with Gasteiger partial charge >= 0.3 is 5.97 Å². The van der Waals surface area contributed by atoms with Crippen molar-refractivity contribution in [2.75, 3.05) is 4.90 Å². The molecule has 0 spiro atoms. The molecule has 2 aromatic carbocycles. The van der Waals surface area contributed by atoms with Crippen molar-refractivity contribution in [3.8, 4) is 0 Å². The lowest BCUT2D eigenvalue weighted by molar-refractivity contribution is -0.136. The number of carbonyl (C=O) groups is 3. The first-order valence-electron chi connectivity index (χ1n) is 9.69. The van der Waals surface area contributed by atoms with Gasteiger partial charge < -0.3 is 14.6 Å². The molecule has 1 aliphatic rings. The first-order valence-corrected chi connectivity index (χ1v) is 9.69. The van der Waals surface area contributed by atoms with Crippen molar-refractivity contribution in [3.05, 3.63) is 94.7 Å². The van der Waals surface area contributed by atoms with Gasteiger partial charge in [0.15, 0.2) is 0 Å². The Balaban J connectivity index is 1.85. The number of rotatable bonds is 5. The van der Waals surface area contributed by atoms with E-state index in [1.165, 1.54) is 48.4 Å². The number of amides is 1. The summed E-state index contributed by atoms with van der Waals surface area (Å²) in [6.45, 7) is 1.52. The molecule has 1 amide bonds. The minimum absolute atomic E-state index is 0.189. The Kier molecular flexibility index (Phi) is 5.36. The van der Waals surface area contributed by atoms with Gasteiger partial charge in [0.05, 0.1) is 18.3 Å². The highest BCUT2D eigenvalue weighted by molar-refractivity contribution is 6.51. The molecule has 1 saturated heterocycles. The summed E-state index contributed by atoms with van der Waals surface area (Å²) >= 11 is 0. The number of anilines is 1. The average molecular weight is 435 g/mol. The second-order valence-corrected chi connectivity index (χ2v) is 7.39. The summed E-state index contributed by atoms with van der Waals surface area (Å²) in [6.07, 6.45) is 1.19. The molecule has 1 fully saturated rings. The van der Waals surface area contributed by atoms with Gasteiger partial charge in [0.25, 0.3) is 11.7 Å². The first-order chi connectivity index (χ1) is 15.3. The second kappa shape index (κ2) is 8.14. The predicted octanol–water partition coefficient (Wildman–Crippen LogP) is 3.98. The van der Waals surface area contributed by atoms with Gasteiger partial charge in [0.1, 0.15) is 23.4 Å². The van der Waals surface area contributed by atoms with E-state index in [0.29, 0.717) is 11.3 Å². The third-order valence-corrected chi connectivity index (χ3v) is 5.26. The summed E-state index contributed by atoms with van der Waals surface area (Å²) in [6, 6.07) is 12.1. The number of aryl methyl sites for hydroxylation is 1. The molecule has 32 heavy (non-hydrogen) atoms. The van der Waals surface area contributed by atoms with Crippen LogP contribution >= 0.6 is 0 Å². The number of aliphatic hydroxyl groups is 1. The molecule has 2 heterocycles. The maximum Gasteiger partial charge on any atom is 0.307 e. The number of benzene rings is 2. The maximum atomic E-state index is 13.7. The van der Waals surface area contributed by atoms with Crippen molar-refractivity contribution < 1.29 is 33.4 Å². The molecular formula is C24H18FNO6. The lowest BCUT2D eigenvalue weighted by Crippen LogP contribution is -2.29. The van der Waals surface area contributed by atoms with Crippen LogP contribution in [0.25, 0.3) is 5.76 Å². The minimum atomic E-state index is -1.05. The van der Waals surface area contributed by atoms with Crippen LogP contribution in [0.5, 0.6) is 0 Å². The molecule has 0 bridgehead atoms. The fourth-order valence-corrected chi connectivity index (χ4v) is 3.71. The monoisotopic (exact) mass is 435 g/mol. The van der Waals surface area contributed by atoms with Gasteiger partial charge in [-0.05, 0) is 60.5 Å². The lowest BCUT2D eigenvalue weighted by atomic mass is 9.98. The molecule has 162 valence electrons. The topological polar surface area (TPSA) is 108 Å². The standard InChI is InChI=1S/C24H18FNO6/c1-13-11-15(6-9-17(13)25)22(29)20-21(18-3-2-10-32-18)26(24(31)23(20)30)16-7-4-14(5-8-16)12-19(27)28/h2-11,21,29H,12H2,1H3,(H,27,28)/b22-20-. The van der Waals surface area contributed by atoms with E-state index in [1.807, 2.05) is 0 Å². The minimum Gasteiger partial charge on any atom is -0.507 e. The van der Waals surface area contributed by atoms with Gasteiger partial charge in [0.2, 0.25) is 0 Å². The van der Waals surface area contributed by atoms with Crippen LogP contribution in [0, 0.1) is 12.7 Å². The van der Waals surface area contributed by atoms with Crippen molar-refractivity contribution in [2.45, 2.75) is 19.4 Å². The molecule has 7 nitrogen and oxygen atoms in total. The van der Waals surface area contributed by atoms with Crippen molar-refractivity contribution in [2.24, 2.45) is 0 Å². The van der Waals surface area contributed by atoms with Crippen molar-refractivity contribution >= 4 is 29.1 Å². The van der Waals surface area contributed by atoms with E-state index in [0.717, 1.165) is 0 Å². The number of nitrogens with zero attached hydrogens (tertiary/aromatic N) is 1. The quantitative estimate of drug-likeness (QED) is 0.357. The van der Waals surface area contributed by atoms with Crippen LogP contribution in [0.3, 0.4) is 0 Å². The Bertz CT molecular complexity index is 1240. The number of ketones is 1. The number of halogens is 1. The number of Topliss-reactive ketones (excluding diaryl/α,β-unsaturated/α-hetero) is 1. The van der Waals surface area contributed by atoms with Crippen LogP contribution in [0.2, 0.25) is 0 Å². The highest BCUT2D eigenvalue weighted by atomic mass is 19.1. The molecule has 0 saturated carbocycles. The number of hydrogen-bond acceptors (Lipinski definition) is 5. The zero-order valence-electron chi connectivity index (χ0n) is 16.9. The Morgan fingerprint density at radius 1 is 1.09 bits per heavy atom. The highest BCUT2D eigenvalue weighted by Gasteiger charge is 2.48. The van der Waals surface area contributed by atoms with E-state index in [9.17, 15) is 23.9 Å². The summed E-state index contributed by atoms with van der Waals surface area (Å²) in [4.78, 5) is 38.1. The number of aliphatic hydroxyl groups excluding tert-OH is 1. The van der Waals surface area contributed by atoms with E-state index in [1.54, 1.807) is 24.3 Å². The van der Waals surface area contributed by atoms with E-state index < -0.39 is 35.3 Å². The fourth-order valence-electron chi connectivity index (χ4n) is 3.71. The van der Waals surface area contributed by atoms with E-state index in [-0.39, 0.29) is 28.9 Å². The third kappa shape index (κ3) is 3.66. The van der Waals surface area contributed by atoms with Crippen molar-refractivity contribution in [1.82, 2.24) is 0 Å². The summed E-state index contributed by atoms with van der Waals surface area (Å²) in [7, 11) is 0. The van der Waals surface area contributed by atoms with Gasteiger partial charge in [-0.15, -0.1) is 0 Å². The van der Waals surface area contributed by atoms with Crippen molar-refractivity contribution in [1.29, 1.82) is 0 Å². The summed E-state index contributed by atoms with van der Waals surface area (Å²) in [5, 5.41) is 19.9. The van der Waals surface area contributed by atoms with Gasteiger partial charge in [-0.1, -0.05) is 12.1 Å². The van der Waals surface area contributed by atoms with Crippen LogP contribution in [-0.4, -0.2) is 27.9 Å². The molecule has 0 radical (unpaired) electrons. The highest BCUT2D eigenvalue weighted by Crippen LogP contribution is 2.42. The molecule has 1 unspecified atom stereocenters. The molecule has 1 atom stereocenters. The van der Waals surface area contributed by atoms with E-state index in [2.05, 4.69) is 0 Å². The fraction of sp³-hybridized carbons (Fsp3) is 0.125. The van der Waals surface area contributed by atoms with Gasteiger partial charge in [0, 0.05) is 11.3 Å². The van der Waals surface area contributed by atoms with Gasteiger partial charge in [-0.25, -0.2) is 4.39 Å². The Morgan fingerprint density at radius 2 is 1.81 bits per heavy atom. The van der Waals surface area contributed by atoms with Crippen molar-refractivity contribution in [3.63, 3.8) is 0 Å². The SMILES string of the molecule is Cc1cc(/C(O)=C2/C(=O)C(=O)N(c3ccc(CC(=O)O)cc3)C2c2ccco2)ccc1F. The van der Waals surface area contributed by atoms with Gasteiger partial charge in [-0.3, -0.25) is 19.3 Å². The summed E-state index contributed by atoms with van der Waals surface area (Å²) in [5.41, 5.74) is 1.12. The second-order valence-electron chi connectivity index (χ2n) is 7.39. The predicted molar refractivity (Wildman–Crippen MR) is 112 cm³/mol. The normalized spacial score (nSPS) is 17.7. The van der Waals surface area contributed by atoms with E-state index in [4.69, 9.17) is 9.52 Å². The first kappa shape index (κ1) is 21.0. The number of carbonyl (C=O) groups excluding carboxylic acids is 2. The van der Waals surface area contributed by atoms with Crippen LogP contribution in [0.1, 0.15) is 28.5 Å². The number of furan rings is 1. The molecule has 4 rings (SSSR count). The molecule has 0 aliphatic carbocycles. The lowest BCUT2D eigenvalue weighted by Gasteiger charge is -2.23. The number of hydrogen-bond donors (Lipinski definition) is 2. The zero-order valence-corrected chi connectivity index (χ0v) is 16.9. The smallest absolute Gasteiger partial charge is 0.307 e. The molecule has 2 N–H and O–H groups in total. The van der Waals surface area contributed by atoms with Crippen LogP contribution in [0.4, 0.5) is 10.1 Å². The Hall–Kier alpha value is -4.20. The molecule has 1 aliphatic heterocycles. The zero-order chi connectivity index (χ0) is 23.0. The maximum absolute atomic E-state index is 13.7. The summed E-state index contributed by atoms with van der Waals surface area (Å²) < 4.78 is 19.2. The Morgan fingerprint density at radius 3 is 2.41 bits per heavy atom. The molecule has 3 aromatic rings.